The van der Waals surface area contributed by atoms with Crippen molar-refractivity contribution in [3.63, 3.8) is 0 Å². The van der Waals surface area contributed by atoms with Crippen molar-refractivity contribution < 1.29 is 9.18 Å². The molecule has 0 radical (unpaired) electrons. The molecular formula is C18H21ClFN5O. The first-order valence-electron chi connectivity index (χ1n) is 8.61. The third-order valence-electron chi connectivity index (χ3n) is 4.15. The van der Waals surface area contributed by atoms with Crippen LogP contribution in [0.2, 0.25) is 5.02 Å². The molecule has 0 spiro atoms. The molecule has 1 aliphatic heterocycles. The maximum absolute atomic E-state index is 13.2. The molecule has 2 aromatic rings. The Balaban J connectivity index is 1.60. The van der Waals surface area contributed by atoms with Gasteiger partial charge in [-0.15, -0.1) is 0 Å². The highest BCUT2D eigenvalue weighted by molar-refractivity contribution is 6.31. The van der Waals surface area contributed by atoms with Crippen molar-refractivity contribution in [1.29, 1.82) is 0 Å². The fraction of sp³-hybridized carbons (Fsp3) is 0.389. The summed E-state index contributed by atoms with van der Waals surface area (Å²) in [6.45, 7) is 4.10. The predicted molar refractivity (Wildman–Crippen MR) is 100 cm³/mol. The molecule has 0 bridgehead atoms. The van der Waals surface area contributed by atoms with Gasteiger partial charge in [0.05, 0.1) is 11.6 Å². The van der Waals surface area contributed by atoms with Crippen molar-refractivity contribution in [1.82, 2.24) is 15.3 Å². The van der Waals surface area contributed by atoms with Crippen molar-refractivity contribution in [3.05, 3.63) is 46.6 Å². The number of aryl methyl sites for hydroxylation is 1. The average molecular weight is 378 g/mol. The van der Waals surface area contributed by atoms with E-state index in [1.165, 1.54) is 37.5 Å². The summed E-state index contributed by atoms with van der Waals surface area (Å²) < 4.78 is 13.2. The minimum atomic E-state index is -0.531. The number of carbonyl (C=O) groups excluding carboxylic acids is 1. The number of hydrogen-bond donors (Lipinski definition) is 2. The highest BCUT2D eigenvalue weighted by atomic mass is 35.5. The summed E-state index contributed by atoms with van der Waals surface area (Å²) in [7, 11) is 0. The summed E-state index contributed by atoms with van der Waals surface area (Å²) in [5, 5.41) is 5.27. The van der Waals surface area contributed by atoms with Crippen LogP contribution in [0.1, 0.15) is 30.8 Å². The molecule has 1 aromatic carbocycles. The van der Waals surface area contributed by atoms with E-state index in [0.29, 0.717) is 11.5 Å². The molecule has 0 unspecified atom stereocenters. The van der Waals surface area contributed by atoms with Crippen LogP contribution in [0.25, 0.3) is 0 Å². The molecule has 1 fully saturated rings. The lowest BCUT2D eigenvalue weighted by atomic mass is 10.1. The Kier molecular flexibility index (Phi) is 5.88. The minimum Gasteiger partial charge on any atom is -0.357 e. The number of nitrogens with zero attached hydrogens (tertiary/aromatic N) is 3. The number of urea groups is 1. The third-order valence-corrected chi connectivity index (χ3v) is 4.44. The van der Waals surface area contributed by atoms with Crippen LogP contribution < -0.4 is 15.5 Å². The zero-order chi connectivity index (χ0) is 18.5. The monoisotopic (exact) mass is 377 g/mol. The van der Waals surface area contributed by atoms with Gasteiger partial charge in [0.15, 0.2) is 0 Å². The number of aromatic nitrogens is 2. The molecule has 1 aromatic heterocycles. The lowest BCUT2D eigenvalue weighted by Crippen LogP contribution is -2.32. The summed E-state index contributed by atoms with van der Waals surface area (Å²) in [5.74, 6) is 0.925. The molecule has 0 atom stereocenters. The fourth-order valence-corrected chi connectivity index (χ4v) is 3.07. The zero-order valence-corrected chi connectivity index (χ0v) is 15.3. The number of anilines is 2. The first kappa shape index (κ1) is 18.4. The van der Waals surface area contributed by atoms with Crippen LogP contribution in [0.5, 0.6) is 0 Å². The molecular weight excluding hydrogens is 357 g/mol. The Morgan fingerprint density at radius 3 is 2.73 bits per heavy atom. The van der Waals surface area contributed by atoms with Gasteiger partial charge in [-0.3, -0.25) is 0 Å². The number of nitrogens with one attached hydrogen (secondary N) is 2. The first-order valence-corrected chi connectivity index (χ1v) is 8.98. The van der Waals surface area contributed by atoms with Crippen LogP contribution in [0.4, 0.5) is 20.7 Å². The van der Waals surface area contributed by atoms with Gasteiger partial charge in [-0.1, -0.05) is 11.6 Å². The summed E-state index contributed by atoms with van der Waals surface area (Å²) in [5.41, 5.74) is 1.27. The van der Waals surface area contributed by atoms with Gasteiger partial charge in [0.2, 0.25) is 0 Å². The van der Waals surface area contributed by atoms with E-state index in [4.69, 9.17) is 11.6 Å². The van der Waals surface area contributed by atoms with E-state index < -0.39 is 11.8 Å². The number of halogens is 2. The quantitative estimate of drug-likeness (QED) is 0.848. The number of carbonyl (C=O) groups is 1. The van der Waals surface area contributed by atoms with Crippen LogP contribution >= 0.6 is 11.6 Å². The Bertz CT molecular complexity index is 795. The highest BCUT2D eigenvalue weighted by Gasteiger charge is 2.14. The van der Waals surface area contributed by atoms with Crippen LogP contribution in [-0.4, -0.2) is 29.1 Å². The van der Waals surface area contributed by atoms with Gasteiger partial charge in [-0.2, -0.15) is 0 Å². The molecule has 1 saturated heterocycles. The average Bonchev–Trinajstić information content (AvgIpc) is 2.63. The van der Waals surface area contributed by atoms with Crippen LogP contribution in [0, 0.1) is 12.7 Å². The molecule has 2 amide bonds. The van der Waals surface area contributed by atoms with Gasteiger partial charge in [-0.25, -0.2) is 19.2 Å². The van der Waals surface area contributed by atoms with E-state index in [1.807, 2.05) is 13.0 Å². The van der Waals surface area contributed by atoms with Crippen LogP contribution in [0.3, 0.4) is 0 Å². The van der Waals surface area contributed by atoms with E-state index in [0.717, 1.165) is 24.6 Å². The second kappa shape index (κ2) is 8.31. The van der Waals surface area contributed by atoms with Gasteiger partial charge in [0.25, 0.3) is 0 Å². The zero-order valence-electron chi connectivity index (χ0n) is 14.6. The highest BCUT2D eigenvalue weighted by Crippen LogP contribution is 2.20. The standard InChI is InChI=1S/C18H21ClFN5O/c1-12-9-17(25-7-3-2-4-8-25)24-16(22-12)11-21-18(26)23-13-5-6-15(20)14(19)10-13/h5-6,9-10H,2-4,7-8,11H2,1H3,(H2,21,23,26). The normalized spacial score (nSPS) is 14.2. The van der Waals surface area contributed by atoms with E-state index in [-0.39, 0.29) is 11.6 Å². The number of hydrogen-bond acceptors (Lipinski definition) is 4. The number of amides is 2. The molecule has 1 aliphatic rings. The molecule has 2 heterocycles. The largest absolute Gasteiger partial charge is 0.357 e. The van der Waals surface area contributed by atoms with E-state index >= 15 is 0 Å². The lowest BCUT2D eigenvalue weighted by Gasteiger charge is -2.28. The van der Waals surface area contributed by atoms with Crippen LogP contribution in [-0.2, 0) is 6.54 Å². The molecule has 3 rings (SSSR count). The maximum atomic E-state index is 13.2. The van der Waals surface area contributed by atoms with E-state index in [1.54, 1.807) is 0 Å². The van der Waals surface area contributed by atoms with Crippen molar-refractivity contribution in [2.45, 2.75) is 32.7 Å². The summed E-state index contributed by atoms with van der Waals surface area (Å²) in [4.78, 5) is 23.2. The SMILES string of the molecule is Cc1cc(N2CCCCC2)nc(CNC(=O)Nc2ccc(F)c(Cl)c2)n1. The Labute approximate surface area is 156 Å². The molecule has 0 aliphatic carbocycles. The number of rotatable bonds is 4. The molecule has 0 saturated carbocycles. The van der Waals surface area contributed by atoms with Gasteiger partial charge in [-0.05, 0) is 44.4 Å². The second-order valence-corrected chi connectivity index (χ2v) is 6.68. The third kappa shape index (κ3) is 4.82. The summed E-state index contributed by atoms with van der Waals surface area (Å²) in [6.07, 6.45) is 3.58. The van der Waals surface area contributed by atoms with Crippen molar-refractivity contribution in [2.24, 2.45) is 0 Å². The smallest absolute Gasteiger partial charge is 0.319 e. The Morgan fingerprint density at radius 2 is 2.00 bits per heavy atom. The van der Waals surface area contributed by atoms with E-state index in [2.05, 4.69) is 25.5 Å². The first-order chi connectivity index (χ1) is 12.5. The number of benzene rings is 1. The van der Waals surface area contributed by atoms with Crippen LogP contribution in [0.15, 0.2) is 24.3 Å². The van der Waals surface area contributed by atoms with Crippen molar-refractivity contribution in [2.75, 3.05) is 23.3 Å². The second-order valence-electron chi connectivity index (χ2n) is 6.27. The molecule has 138 valence electrons. The Morgan fingerprint density at radius 1 is 1.23 bits per heavy atom. The summed E-state index contributed by atoms with van der Waals surface area (Å²) >= 11 is 5.71. The molecule has 2 N–H and O–H groups in total. The van der Waals surface area contributed by atoms with Gasteiger partial charge in [0.1, 0.15) is 17.5 Å². The topological polar surface area (TPSA) is 70.2 Å². The van der Waals surface area contributed by atoms with Gasteiger partial charge in [0, 0.05) is 30.5 Å². The minimum absolute atomic E-state index is 0.0454. The molecule has 6 nitrogen and oxygen atoms in total. The number of piperidine rings is 1. The van der Waals surface area contributed by atoms with Gasteiger partial charge >= 0.3 is 6.03 Å². The fourth-order valence-electron chi connectivity index (χ4n) is 2.88. The van der Waals surface area contributed by atoms with Crippen molar-refractivity contribution >= 4 is 29.1 Å². The lowest BCUT2D eigenvalue weighted by molar-refractivity contribution is 0.251. The summed E-state index contributed by atoms with van der Waals surface area (Å²) in [6, 6.07) is 5.53. The maximum Gasteiger partial charge on any atom is 0.319 e. The van der Waals surface area contributed by atoms with Gasteiger partial charge < -0.3 is 15.5 Å². The molecule has 26 heavy (non-hydrogen) atoms. The van der Waals surface area contributed by atoms with E-state index in [9.17, 15) is 9.18 Å². The van der Waals surface area contributed by atoms with Crippen molar-refractivity contribution in [3.8, 4) is 0 Å². The molecule has 8 heteroatoms. The predicted octanol–water partition coefficient (Wildman–Crippen LogP) is 3.89. The Hall–Kier alpha value is -2.41.